The molecule has 0 aromatic rings. The van der Waals surface area contributed by atoms with Gasteiger partial charge in [-0.05, 0) is 17.3 Å². The van der Waals surface area contributed by atoms with E-state index in [4.69, 9.17) is 5.11 Å². The minimum absolute atomic E-state index is 0.311. The summed E-state index contributed by atoms with van der Waals surface area (Å²) in [5.74, 6) is 0.233. The normalized spacial score (nSPS) is 34.1. The predicted octanol–water partition coefficient (Wildman–Crippen LogP) is 1.92. The number of carboxylic acid groups (broad SMARTS) is 1. The summed E-state index contributed by atoms with van der Waals surface area (Å²) in [6, 6.07) is 0. The van der Waals surface area contributed by atoms with Crippen molar-refractivity contribution in [3.8, 4) is 0 Å². The highest BCUT2D eigenvalue weighted by Crippen LogP contribution is 2.58. The number of rotatable bonds is 2. The van der Waals surface area contributed by atoms with Crippen molar-refractivity contribution in [3.63, 3.8) is 0 Å². The van der Waals surface area contributed by atoms with Gasteiger partial charge in [0.2, 0.25) is 0 Å². The maximum atomic E-state index is 10.2. The highest BCUT2D eigenvalue weighted by atomic mass is 16.4. The Labute approximate surface area is 66.9 Å². The highest BCUT2D eigenvalue weighted by Gasteiger charge is 2.52. The lowest BCUT2D eigenvalue weighted by Crippen LogP contribution is -1.90. The van der Waals surface area contributed by atoms with Crippen LogP contribution in [0.5, 0.6) is 0 Å². The SMILES string of the molecule is C[C@@H]1[C@H](/C=C\C(=O)O)C1(C)C. The number of allylic oxidation sites excluding steroid dienone is 1. The molecule has 2 atom stereocenters. The van der Waals surface area contributed by atoms with Gasteiger partial charge in [0.25, 0.3) is 0 Å². The third-order valence-corrected chi connectivity index (χ3v) is 2.91. The Morgan fingerprint density at radius 3 is 2.27 bits per heavy atom. The lowest BCUT2D eigenvalue weighted by atomic mass is 10.1. The molecule has 0 aliphatic heterocycles. The highest BCUT2D eigenvalue weighted by molar-refractivity contribution is 5.79. The van der Waals surface area contributed by atoms with Crippen LogP contribution in [0, 0.1) is 17.3 Å². The lowest BCUT2D eigenvalue weighted by molar-refractivity contribution is -0.131. The first-order valence-corrected chi connectivity index (χ1v) is 3.87. The Bertz CT molecular complexity index is 204. The van der Waals surface area contributed by atoms with Crippen LogP contribution in [0.2, 0.25) is 0 Å². The van der Waals surface area contributed by atoms with E-state index in [-0.39, 0.29) is 0 Å². The second-order valence-electron chi connectivity index (χ2n) is 3.83. The molecule has 1 saturated carbocycles. The third-order valence-electron chi connectivity index (χ3n) is 2.91. The fourth-order valence-electron chi connectivity index (χ4n) is 1.54. The number of hydrogen-bond acceptors (Lipinski definition) is 1. The van der Waals surface area contributed by atoms with Crippen molar-refractivity contribution in [3.05, 3.63) is 12.2 Å². The molecular weight excluding hydrogens is 140 g/mol. The summed E-state index contributed by atoms with van der Waals surface area (Å²) in [4.78, 5) is 10.2. The summed E-state index contributed by atoms with van der Waals surface area (Å²) >= 11 is 0. The van der Waals surface area contributed by atoms with Crippen LogP contribution >= 0.6 is 0 Å². The van der Waals surface area contributed by atoms with Gasteiger partial charge in [-0.15, -0.1) is 0 Å². The number of carboxylic acids is 1. The number of hydrogen-bond donors (Lipinski definition) is 1. The molecule has 1 aliphatic carbocycles. The van der Waals surface area contributed by atoms with E-state index in [9.17, 15) is 4.79 Å². The van der Waals surface area contributed by atoms with Crippen molar-refractivity contribution >= 4 is 5.97 Å². The average molecular weight is 154 g/mol. The number of carbonyl (C=O) groups is 1. The van der Waals surface area contributed by atoms with E-state index >= 15 is 0 Å². The van der Waals surface area contributed by atoms with E-state index in [0.717, 1.165) is 0 Å². The summed E-state index contributed by atoms with van der Waals surface area (Å²) in [7, 11) is 0. The fraction of sp³-hybridized carbons (Fsp3) is 0.667. The summed E-state index contributed by atoms with van der Waals surface area (Å²) in [6.45, 7) is 6.47. The maximum Gasteiger partial charge on any atom is 0.327 e. The van der Waals surface area contributed by atoms with Crippen LogP contribution in [0.3, 0.4) is 0 Å². The third kappa shape index (κ3) is 1.44. The molecule has 0 heterocycles. The van der Waals surface area contributed by atoms with Crippen molar-refractivity contribution < 1.29 is 9.90 Å². The first kappa shape index (κ1) is 8.31. The Hall–Kier alpha value is -0.790. The predicted molar refractivity (Wildman–Crippen MR) is 43.2 cm³/mol. The van der Waals surface area contributed by atoms with Crippen LogP contribution in [-0.2, 0) is 4.79 Å². The van der Waals surface area contributed by atoms with Crippen LogP contribution in [-0.4, -0.2) is 11.1 Å². The second-order valence-corrected chi connectivity index (χ2v) is 3.83. The van der Waals surface area contributed by atoms with Gasteiger partial charge in [-0.3, -0.25) is 0 Å². The smallest absolute Gasteiger partial charge is 0.327 e. The molecule has 62 valence electrons. The number of aliphatic carboxylic acids is 1. The monoisotopic (exact) mass is 154 g/mol. The van der Waals surface area contributed by atoms with Gasteiger partial charge >= 0.3 is 5.97 Å². The van der Waals surface area contributed by atoms with Crippen LogP contribution in [0.25, 0.3) is 0 Å². The van der Waals surface area contributed by atoms with Gasteiger partial charge in [0, 0.05) is 6.08 Å². The van der Waals surface area contributed by atoms with E-state index in [1.165, 1.54) is 6.08 Å². The van der Waals surface area contributed by atoms with E-state index < -0.39 is 5.97 Å². The maximum absolute atomic E-state index is 10.2. The molecule has 0 aromatic carbocycles. The van der Waals surface area contributed by atoms with E-state index in [0.29, 0.717) is 17.3 Å². The quantitative estimate of drug-likeness (QED) is 0.617. The summed E-state index contributed by atoms with van der Waals surface area (Å²) in [5, 5.41) is 8.36. The molecule has 0 aromatic heterocycles. The Balaban J connectivity index is 2.50. The molecule has 0 unspecified atom stereocenters. The van der Waals surface area contributed by atoms with Crippen molar-refractivity contribution in [2.24, 2.45) is 17.3 Å². The molecule has 11 heavy (non-hydrogen) atoms. The Kier molecular flexibility index (Phi) is 1.78. The first-order valence-electron chi connectivity index (χ1n) is 3.87. The second kappa shape index (κ2) is 2.36. The molecule has 1 fully saturated rings. The van der Waals surface area contributed by atoms with Crippen LogP contribution < -0.4 is 0 Å². The van der Waals surface area contributed by atoms with Crippen molar-refractivity contribution in [2.75, 3.05) is 0 Å². The largest absolute Gasteiger partial charge is 0.478 e. The van der Waals surface area contributed by atoms with Gasteiger partial charge in [0.05, 0.1) is 0 Å². The molecule has 1 rings (SSSR count). The molecular formula is C9H14O2. The van der Waals surface area contributed by atoms with Crippen molar-refractivity contribution in [1.29, 1.82) is 0 Å². The van der Waals surface area contributed by atoms with E-state index in [1.807, 2.05) is 0 Å². The minimum Gasteiger partial charge on any atom is -0.478 e. The van der Waals surface area contributed by atoms with Crippen LogP contribution in [0.1, 0.15) is 20.8 Å². The van der Waals surface area contributed by atoms with Gasteiger partial charge in [-0.25, -0.2) is 4.79 Å². The van der Waals surface area contributed by atoms with Crippen LogP contribution in [0.4, 0.5) is 0 Å². The van der Waals surface area contributed by atoms with Gasteiger partial charge < -0.3 is 5.11 Å². The van der Waals surface area contributed by atoms with Gasteiger partial charge in [-0.1, -0.05) is 26.8 Å². The zero-order valence-corrected chi connectivity index (χ0v) is 7.16. The Morgan fingerprint density at radius 1 is 1.55 bits per heavy atom. The van der Waals surface area contributed by atoms with Crippen molar-refractivity contribution in [1.82, 2.24) is 0 Å². The van der Waals surface area contributed by atoms with Gasteiger partial charge in [-0.2, -0.15) is 0 Å². The van der Waals surface area contributed by atoms with E-state index in [1.54, 1.807) is 6.08 Å². The molecule has 0 saturated heterocycles. The topological polar surface area (TPSA) is 37.3 Å². The molecule has 0 spiro atoms. The molecule has 2 heteroatoms. The molecule has 2 nitrogen and oxygen atoms in total. The minimum atomic E-state index is -0.847. The van der Waals surface area contributed by atoms with Gasteiger partial charge in [0.15, 0.2) is 0 Å². The zero-order chi connectivity index (χ0) is 8.65. The molecule has 1 aliphatic rings. The average Bonchev–Trinajstić information content (AvgIpc) is 2.30. The lowest BCUT2D eigenvalue weighted by Gasteiger charge is -1.95. The fourth-order valence-corrected chi connectivity index (χ4v) is 1.54. The molecule has 0 amide bonds. The zero-order valence-electron chi connectivity index (χ0n) is 7.16. The molecule has 0 radical (unpaired) electrons. The standard InChI is InChI=1S/C9H14O2/c1-6-7(9(6,2)3)4-5-8(10)11/h4-7H,1-3H3,(H,10,11)/b5-4-/t6-,7+/m1/s1. The van der Waals surface area contributed by atoms with Crippen LogP contribution in [0.15, 0.2) is 12.2 Å². The van der Waals surface area contributed by atoms with Crippen molar-refractivity contribution in [2.45, 2.75) is 20.8 Å². The summed E-state index contributed by atoms with van der Waals surface area (Å²) < 4.78 is 0. The molecule has 0 bridgehead atoms. The Morgan fingerprint density at radius 2 is 2.00 bits per heavy atom. The van der Waals surface area contributed by atoms with Gasteiger partial charge in [0.1, 0.15) is 0 Å². The molecule has 1 N–H and O–H groups in total. The first-order chi connectivity index (χ1) is 4.96. The summed E-state index contributed by atoms with van der Waals surface area (Å²) in [6.07, 6.45) is 3.04. The van der Waals surface area contributed by atoms with E-state index in [2.05, 4.69) is 20.8 Å². The summed E-state index contributed by atoms with van der Waals surface area (Å²) in [5.41, 5.74) is 0.311.